The van der Waals surface area contributed by atoms with Crippen LogP contribution in [0.2, 0.25) is 0 Å². The van der Waals surface area contributed by atoms with Crippen LogP contribution in [0.4, 0.5) is 4.39 Å². The van der Waals surface area contributed by atoms with Crippen molar-refractivity contribution in [3.05, 3.63) is 0 Å². The molecule has 0 spiro atoms. The zero-order valence-corrected chi connectivity index (χ0v) is 5.15. The molecule has 1 aliphatic rings. The molecule has 0 aromatic heterocycles. The Morgan fingerprint density at radius 1 is 1.62 bits per heavy atom. The molecule has 1 N–H and O–H groups in total. The van der Waals surface area contributed by atoms with E-state index < -0.39 is 6.17 Å². The molecule has 0 unspecified atom stereocenters. The summed E-state index contributed by atoms with van der Waals surface area (Å²) in [6.07, 6.45) is 0.380. The molecular weight excluding hydrogens is 105 g/mol. The predicted octanol–water partition coefficient (Wildman–Crippen LogP) is 0.954. The second-order valence-electron chi connectivity index (χ2n) is 2.49. The fourth-order valence-electron chi connectivity index (χ4n) is 0.952. The van der Waals surface area contributed by atoms with Crippen molar-refractivity contribution in [1.82, 2.24) is 5.32 Å². The highest BCUT2D eigenvalue weighted by molar-refractivity contribution is 4.73. The van der Waals surface area contributed by atoms with Gasteiger partial charge in [-0.3, -0.25) is 0 Å². The van der Waals surface area contributed by atoms with Gasteiger partial charge in [-0.1, -0.05) is 6.92 Å². The van der Waals surface area contributed by atoms with Gasteiger partial charge in [0.05, 0.1) is 0 Å². The molecule has 1 nitrogen and oxygen atoms in total. The van der Waals surface area contributed by atoms with Crippen molar-refractivity contribution in [2.75, 3.05) is 13.1 Å². The third-order valence-corrected chi connectivity index (χ3v) is 1.73. The highest BCUT2D eigenvalue weighted by Crippen LogP contribution is 2.13. The van der Waals surface area contributed by atoms with E-state index in [0.29, 0.717) is 6.54 Å². The first-order valence-corrected chi connectivity index (χ1v) is 3.15. The molecule has 0 aromatic rings. The number of alkyl halides is 1. The van der Waals surface area contributed by atoms with Crippen LogP contribution < -0.4 is 5.32 Å². The van der Waals surface area contributed by atoms with Crippen molar-refractivity contribution in [2.45, 2.75) is 19.5 Å². The first-order valence-electron chi connectivity index (χ1n) is 3.15. The molecule has 48 valence electrons. The summed E-state index contributed by atoms with van der Waals surface area (Å²) in [7, 11) is 0. The Kier molecular flexibility index (Phi) is 1.84. The fraction of sp³-hybridized carbons (Fsp3) is 1.00. The van der Waals surface area contributed by atoms with E-state index in [9.17, 15) is 4.39 Å². The summed E-state index contributed by atoms with van der Waals surface area (Å²) in [5.41, 5.74) is 0. The number of piperidine rings is 1. The van der Waals surface area contributed by atoms with Gasteiger partial charge in [0.15, 0.2) is 0 Å². The summed E-state index contributed by atoms with van der Waals surface area (Å²) in [5.74, 6) is 0.274. The highest BCUT2D eigenvalue weighted by Gasteiger charge is 2.18. The number of hydrogen-bond acceptors (Lipinski definition) is 1. The molecule has 0 aromatic carbocycles. The van der Waals surface area contributed by atoms with Crippen LogP contribution in [0, 0.1) is 5.92 Å². The number of rotatable bonds is 0. The minimum absolute atomic E-state index is 0.274. The van der Waals surface area contributed by atoms with E-state index in [2.05, 4.69) is 5.32 Å². The Labute approximate surface area is 49.3 Å². The summed E-state index contributed by atoms with van der Waals surface area (Å²) in [4.78, 5) is 0. The molecule has 2 atom stereocenters. The Balaban J connectivity index is 2.28. The van der Waals surface area contributed by atoms with Crippen molar-refractivity contribution >= 4 is 0 Å². The lowest BCUT2D eigenvalue weighted by Gasteiger charge is -2.22. The second-order valence-corrected chi connectivity index (χ2v) is 2.49. The lowest BCUT2D eigenvalue weighted by atomic mass is 9.99. The molecular formula is C6H12FN. The van der Waals surface area contributed by atoms with E-state index in [1.165, 1.54) is 0 Å². The Morgan fingerprint density at radius 2 is 2.38 bits per heavy atom. The molecule has 1 saturated heterocycles. The van der Waals surface area contributed by atoms with Crippen LogP contribution in [-0.4, -0.2) is 19.3 Å². The Hall–Kier alpha value is -0.110. The molecule has 1 heterocycles. The fourth-order valence-corrected chi connectivity index (χ4v) is 0.952. The van der Waals surface area contributed by atoms with E-state index in [1.54, 1.807) is 0 Å². The average molecular weight is 117 g/mol. The van der Waals surface area contributed by atoms with Gasteiger partial charge in [0.25, 0.3) is 0 Å². The maximum absolute atomic E-state index is 12.5. The molecule has 2 heteroatoms. The summed E-state index contributed by atoms with van der Waals surface area (Å²) < 4.78 is 12.5. The van der Waals surface area contributed by atoms with Crippen LogP contribution >= 0.6 is 0 Å². The number of hydrogen-bond donors (Lipinski definition) is 1. The van der Waals surface area contributed by atoms with Crippen LogP contribution in [-0.2, 0) is 0 Å². The zero-order chi connectivity index (χ0) is 5.98. The SMILES string of the molecule is C[C@H]1CCNC[C@H]1F. The van der Waals surface area contributed by atoms with Gasteiger partial charge in [-0.15, -0.1) is 0 Å². The topological polar surface area (TPSA) is 12.0 Å². The van der Waals surface area contributed by atoms with E-state index >= 15 is 0 Å². The average Bonchev–Trinajstić information content (AvgIpc) is 1.77. The molecule has 1 rings (SSSR count). The molecule has 0 bridgehead atoms. The molecule has 0 aliphatic carbocycles. The van der Waals surface area contributed by atoms with E-state index in [-0.39, 0.29) is 5.92 Å². The van der Waals surface area contributed by atoms with Crippen molar-refractivity contribution < 1.29 is 4.39 Å². The highest BCUT2D eigenvalue weighted by atomic mass is 19.1. The van der Waals surface area contributed by atoms with Gasteiger partial charge >= 0.3 is 0 Å². The lowest BCUT2D eigenvalue weighted by molar-refractivity contribution is 0.194. The summed E-state index contributed by atoms with van der Waals surface area (Å²) in [5, 5.41) is 2.99. The van der Waals surface area contributed by atoms with Gasteiger partial charge in [-0.2, -0.15) is 0 Å². The smallest absolute Gasteiger partial charge is 0.115 e. The van der Waals surface area contributed by atoms with Gasteiger partial charge < -0.3 is 5.32 Å². The van der Waals surface area contributed by atoms with Gasteiger partial charge in [0.1, 0.15) is 6.17 Å². The zero-order valence-electron chi connectivity index (χ0n) is 5.15. The van der Waals surface area contributed by atoms with E-state index in [0.717, 1.165) is 13.0 Å². The van der Waals surface area contributed by atoms with Gasteiger partial charge in [0, 0.05) is 6.54 Å². The summed E-state index contributed by atoms with van der Waals surface area (Å²) in [6.45, 7) is 3.51. The van der Waals surface area contributed by atoms with E-state index in [4.69, 9.17) is 0 Å². The molecule has 0 radical (unpaired) electrons. The number of nitrogens with one attached hydrogen (secondary N) is 1. The summed E-state index contributed by atoms with van der Waals surface area (Å²) in [6, 6.07) is 0. The van der Waals surface area contributed by atoms with E-state index in [1.807, 2.05) is 6.92 Å². The Bertz CT molecular complexity index is 64.9. The van der Waals surface area contributed by atoms with Crippen molar-refractivity contribution in [1.29, 1.82) is 0 Å². The first kappa shape index (κ1) is 6.02. The largest absolute Gasteiger partial charge is 0.314 e. The van der Waals surface area contributed by atoms with Crippen LogP contribution in [0.15, 0.2) is 0 Å². The minimum Gasteiger partial charge on any atom is -0.314 e. The third-order valence-electron chi connectivity index (χ3n) is 1.73. The molecule has 0 saturated carbocycles. The standard InChI is InChI=1S/C6H12FN/c1-5-2-3-8-4-6(5)7/h5-6,8H,2-4H2,1H3/t5-,6+/m0/s1. The lowest BCUT2D eigenvalue weighted by Crippen LogP contribution is -2.36. The predicted molar refractivity (Wildman–Crippen MR) is 31.5 cm³/mol. The van der Waals surface area contributed by atoms with Crippen molar-refractivity contribution in [2.24, 2.45) is 5.92 Å². The molecule has 1 aliphatic heterocycles. The molecule has 8 heavy (non-hydrogen) atoms. The molecule has 0 amide bonds. The maximum atomic E-state index is 12.5. The third kappa shape index (κ3) is 1.19. The van der Waals surface area contributed by atoms with Gasteiger partial charge in [0.2, 0.25) is 0 Å². The van der Waals surface area contributed by atoms with Crippen LogP contribution in [0.25, 0.3) is 0 Å². The van der Waals surface area contributed by atoms with Gasteiger partial charge in [-0.25, -0.2) is 4.39 Å². The van der Waals surface area contributed by atoms with Gasteiger partial charge in [-0.05, 0) is 18.9 Å². The summed E-state index contributed by atoms with van der Waals surface area (Å²) >= 11 is 0. The van der Waals surface area contributed by atoms with Crippen LogP contribution in [0.3, 0.4) is 0 Å². The normalized spacial score (nSPS) is 39.8. The first-order chi connectivity index (χ1) is 3.80. The molecule has 1 fully saturated rings. The van der Waals surface area contributed by atoms with Crippen molar-refractivity contribution in [3.8, 4) is 0 Å². The maximum Gasteiger partial charge on any atom is 0.115 e. The quantitative estimate of drug-likeness (QED) is 0.498. The minimum atomic E-state index is -0.608. The Morgan fingerprint density at radius 3 is 2.75 bits per heavy atom. The van der Waals surface area contributed by atoms with Crippen LogP contribution in [0.5, 0.6) is 0 Å². The monoisotopic (exact) mass is 117 g/mol. The van der Waals surface area contributed by atoms with Crippen LogP contribution in [0.1, 0.15) is 13.3 Å². The van der Waals surface area contributed by atoms with Crippen molar-refractivity contribution in [3.63, 3.8) is 0 Å². The number of halogens is 1. The second kappa shape index (κ2) is 2.44.